The van der Waals surface area contributed by atoms with Gasteiger partial charge in [-0.05, 0) is 51.3 Å². The molecule has 1 aromatic carbocycles. The number of halogens is 1. The number of benzene rings is 1. The van der Waals surface area contributed by atoms with Crippen LogP contribution in [0.1, 0.15) is 69.7 Å². The molecule has 4 N–H and O–H groups in total. The van der Waals surface area contributed by atoms with Crippen molar-refractivity contribution in [2.24, 2.45) is 5.73 Å². The minimum absolute atomic E-state index is 0.187. The highest BCUT2D eigenvalue weighted by Gasteiger charge is 2.35. The highest BCUT2D eigenvalue weighted by atomic mass is 35.5. The Kier molecular flexibility index (Phi) is 6.12. The molecule has 2 amide bonds. The topological polar surface area (TPSA) is 84.2 Å². The number of amides is 2. The largest absolute Gasteiger partial charge is 0.347 e. The molecular formula is C19H28ClN3O2. The summed E-state index contributed by atoms with van der Waals surface area (Å²) in [5, 5.41) is 6.09. The maximum absolute atomic E-state index is 12.5. The van der Waals surface area contributed by atoms with Crippen molar-refractivity contribution < 1.29 is 9.59 Å². The summed E-state index contributed by atoms with van der Waals surface area (Å²) >= 11 is 6.26. The first kappa shape index (κ1) is 19.7. The van der Waals surface area contributed by atoms with Crippen LogP contribution in [-0.4, -0.2) is 22.9 Å². The molecule has 2 rings (SSSR count). The van der Waals surface area contributed by atoms with Gasteiger partial charge in [0.2, 0.25) is 5.91 Å². The lowest BCUT2D eigenvalue weighted by molar-refractivity contribution is -0.122. The van der Waals surface area contributed by atoms with E-state index in [2.05, 4.69) is 10.6 Å². The standard InChI is InChI=1S/C19H28ClN3O2/c1-4-18(2,3)23-16(24)14-9-8-13(12-15(14)20)22-17(25)19(21)10-6-5-7-11-19/h8-9,12H,4-7,10-11,21H2,1-3H3,(H,22,25)(H,23,24). The number of carbonyl (C=O) groups excluding carboxylic acids is 2. The van der Waals surface area contributed by atoms with Crippen LogP contribution in [0.5, 0.6) is 0 Å². The zero-order valence-electron chi connectivity index (χ0n) is 15.2. The van der Waals surface area contributed by atoms with Crippen LogP contribution in [0.2, 0.25) is 5.02 Å². The fourth-order valence-electron chi connectivity index (χ4n) is 2.91. The summed E-state index contributed by atoms with van der Waals surface area (Å²) in [6.45, 7) is 5.92. The molecule has 0 aromatic heterocycles. The Hall–Kier alpha value is -1.59. The molecule has 1 aromatic rings. The van der Waals surface area contributed by atoms with Crippen molar-refractivity contribution in [3.8, 4) is 0 Å². The van der Waals surface area contributed by atoms with Crippen LogP contribution in [0.15, 0.2) is 18.2 Å². The summed E-state index contributed by atoms with van der Waals surface area (Å²) in [5.41, 5.74) is 6.07. The Morgan fingerprint density at radius 3 is 2.44 bits per heavy atom. The monoisotopic (exact) mass is 365 g/mol. The molecule has 6 heteroatoms. The van der Waals surface area contributed by atoms with Crippen LogP contribution in [0, 0.1) is 0 Å². The number of nitrogens with two attached hydrogens (primary N) is 1. The molecule has 0 aliphatic heterocycles. The molecule has 0 spiro atoms. The summed E-state index contributed by atoms with van der Waals surface area (Å²) in [6.07, 6.45) is 5.26. The number of rotatable bonds is 5. The molecule has 1 saturated carbocycles. The fourth-order valence-corrected chi connectivity index (χ4v) is 3.17. The van der Waals surface area contributed by atoms with Gasteiger partial charge >= 0.3 is 0 Å². The molecule has 0 atom stereocenters. The van der Waals surface area contributed by atoms with Gasteiger partial charge in [0.25, 0.3) is 5.91 Å². The van der Waals surface area contributed by atoms with Crippen LogP contribution in [0.25, 0.3) is 0 Å². The second-order valence-electron chi connectivity index (χ2n) is 7.56. The van der Waals surface area contributed by atoms with Gasteiger partial charge in [0, 0.05) is 11.2 Å². The molecule has 0 saturated heterocycles. The van der Waals surface area contributed by atoms with Gasteiger partial charge in [0.05, 0.1) is 16.1 Å². The molecule has 0 bridgehead atoms. The van der Waals surface area contributed by atoms with E-state index in [-0.39, 0.29) is 17.4 Å². The maximum Gasteiger partial charge on any atom is 0.253 e. The third-order valence-corrected chi connectivity index (χ3v) is 5.32. The van der Waals surface area contributed by atoms with Crippen LogP contribution in [0.3, 0.4) is 0 Å². The molecule has 25 heavy (non-hydrogen) atoms. The zero-order valence-corrected chi connectivity index (χ0v) is 16.0. The summed E-state index contributed by atoms with van der Waals surface area (Å²) in [7, 11) is 0. The highest BCUT2D eigenvalue weighted by molar-refractivity contribution is 6.34. The van der Waals surface area contributed by atoms with Crippen molar-refractivity contribution in [1.82, 2.24) is 5.32 Å². The molecular weight excluding hydrogens is 338 g/mol. The number of nitrogens with one attached hydrogen (secondary N) is 2. The molecule has 1 fully saturated rings. The number of anilines is 1. The molecule has 0 radical (unpaired) electrons. The van der Waals surface area contributed by atoms with Gasteiger partial charge in [0.1, 0.15) is 0 Å². The summed E-state index contributed by atoms with van der Waals surface area (Å²) in [4.78, 5) is 24.9. The molecule has 1 aliphatic rings. The zero-order chi connectivity index (χ0) is 18.7. The van der Waals surface area contributed by atoms with Crippen LogP contribution in [-0.2, 0) is 4.79 Å². The Morgan fingerprint density at radius 1 is 1.24 bits per heavy atom. The van der Waals surface area contributed by atoms with Crippen LogP contribution >= 0.6 is 11.6 Å². The summed E-state index contributed by atoms with van der Waals surface area (Å²) in [6, 6.07) is 4.91. The lowest BCUT2D eigenvalue weighted by Gasteiger charge is -2.31. The van der Waals surface area contributed by atoms with Gasteiger partial charge in [-0.2, -0.15) is 0 Å². The summed E-state index contributed by atoms with van der Waals surface area (Å²) < 4.78 is 0. The third kappa shape index (κ3) is 4.95. The van der Waals surface area contributed by atoms with Gasteiger partial charge in [0.15, 0.2) is 0 Å². The lowest BCUT2D eigenvalue weighted by atomic mass is 9.82. The first-order chi connectivity index (χ1) is 11.7. The Morgan fingerprint density at radius 2 is 1.88 bits per heavy atom. The van der Waals surface area contributed by atoms with Crippen molar-refractivity contribution in [2.45, 2.75) is 70.4 Å². The van der Waals surface area contributed by atoms with E-state index >= 15 is 0 Å². The van der Waals surface area contributed by atoms with Gasteiger partial charge in [-0.15, -0.1) is 0 Å². The normalized spacial score (nSPS) is 17.0. The SMILES string of the molecule is CCC(C)(C)NC(=O)c1ccc(NC(=O)C2(N)CCCCC2)cc1Cl. The first-order valence-corrected chi connectivity index (χ1v) is 9.27. The van der Waals surface area contributed by atoms with Crippen molar-refractivity contribution in [1.29, 1.82) is 0 Å². The smallest absolute Gasteiger partial charge is 0.253 e. The second kappa shape index (κ2) is 7.75. The van der Waals surface area contributed by atoms with Crippen LogP contribution < -0.4 is 16.4 Å². The number of carbonyl (C=O) groups is 2. The van der Waals surface area contributed by atoms with E-state index < -0.39 is 5.54 Å². The van der Waals surface area contributed by atoms with Crippen molar-refractivity contribution in [3.05, 3.63) is 28.8 Å². The second-order valence-corrected chi connectivity index (χ2v) is 7.96. The average Bonchev–Trinajstić information content (AvgIpc) is 2.55. The number of hydrogen-bond donors (Lipinski definition) is 3. The van der Waals surface area contributed by atoms with Crippen molar-refractivity contribution in [2.75, 3.05) is 5.32 Å². The van der Waals surface area contributed by atoms with Gasteiger partial charge in [-0.1, -0.05) is 37.8 Å². The van der Waals surface area contributed by atoms with E-state index in [1.807, 2.05) is 20.8 Å². The molecule has 5 nitrogen and oxygen atoms in total. The minimum Gasteiger partial charge on any atom is -0.347 e. The molecule has 138 valence electrons. The van der Waals surface area contributed by atoms with E-state index in [0.29, 0.717) is 29.1 Å². The highest BCUT2D eigenvalue weighted by Crippen LogP contribution is 2.28. The van der Waals surface area contributed by atoms with Crippen molar-refractivity contribution in [3.63, 3.8) is 0 Å². The third-order valence-electron chi connectivity index (χ3n) is 5.01. The Labute approximate surface area is 154 Å². The Bertz CT molecular complexity index is 652. The first-order valence-electron chi connectivity index (χ1n) is 8.89. The van der Waals surface area contributed by atoms with E-state index in [0.717, 1.165) is 25.7 Å². The van der Waals surface area contributed by atoms with Gasteiger partial charge < -0.3 is 16.4 Å². The fraction of sp³-hybridized carbons (Fsp3) is 0.579. The maximum atomic E-state index is 12.5. The molecule has 0 heterocycles. The quantitative estimate of drug-likeness (QED) is 0.740. The van der Waals surface area contributed by atoms with E-state index in [1.54, 1.807) is 18.2 Å². The van der Waals surface area contributed by atoms with Gasteiger partial charge in [-0.3, -0.25) is 9.59 Å². The Balaban J connectivity index is 2.08. The minimum atomic E-state index is -0.814. The summed E-state index contributed by atoms with van der Waals surface area (Å²) in [5.74, 6) is -0.412. The predicted molar refractivity (Wildman–Crippen MR) is 102 cm³/mol. The van der Waals surface area contributed by atoms with Crippen LogP contribution in [0.4, 0.5) is 5.69 Å². The number of hydrogen-bond acceptors (Lipinski definition) is 3. The molecule has 0 unspecified atom stereocenters. The van der Waals surface area contributed by atoms with E-state index in [1.165, 1.54) is 0 Å². The lowest BCUT2D eigenvalue weighted by Crippen LogP contribution is -2.52. The van der Waals surface area contributed by atoms with Gasteiger partial charge in [-0.25, -0.2) is 0 Å². The predicted octanol–water partition coefficient (Wildman–Crippen LogP) is 3.86. The molecule has 1 aliphatic carbocycles. The van der Waals surface area contributed by atoms with Crippen molar-refractivity contribution >= 4 is 29.1 Å². The van der Waals surface area contributed by atoms with E-state index in [4.69, 9.17) is 17.3 Å². The van der Waals surface area contributed by atoms with E-state index in [9.17, 15) is 9.59 Å². The average molecular weight is 366 g/mol.